The molecule has 5 heteroatoms. The van der Waals surface area contributed by atoms with Gasteiger partial charge in [0, 0.05) is 11.6 Å². The Morgan fingerprint density at radius 2 is 1.94 bits per heavy atom. The SMILES string of the molecule is Fc1cccc(F)c1C=Cc1nc(CCl)co1. The van der Waals surface area contributed by atoms with E-state index in [1.807, 2.05) is 0 Å². The van der Waals surface area contributed by atoms with Crippen LogP contribution in [0, 0.1) is 11.6 Å². The van der Waals surface area contributed by atoms with Crippen molar-refractivity contribution in [3.63, 3.8) is 0 Å². The van der Waals surface area contributed by atoms with Crippen molar-refractivity contribution < 1.29 is 13.2 Å². The van der Waals surface area contributed by atoms with Gasteiger partial charge in [-0.25, -0.2) is 13.8 Å². The van der Waals surface area contributed by atoms with E-state index in [0.717, 1.165) is 0 Å². The van der Waals surface area contributed by atoms with E-state index >= 15 is 0 Å². The summed E-state index contributed by atoms with van der Waals surface area (Å²) in [6.07, 6.45) is 4.05. The van der Waals surface area contributed by atoms with Crippen LogP contribution in [-0.4, -0.2) is 4.98 Å². The highest BCUT2D eigenvalue weighted by Crippen LogP contribution is 2.15. The average Bonchev–Trinajstić information content (AvgIpc) is 2.76. The smallest absolute Gasteiger partial charge is 0.218 e. The van der Waals surface area contributed by atoms with Crippen LogP contribution in [0.25, 0.3) is 12.2 Å². The Morgan fingerprint density at radius 1 is 1.24 bits per heavy atom. The molecule has 1 heterocycles. The molecule has 0 N–H and O–H groups in total. The van der Waals surface area contributed by atoms with E-state index in [0.29, 0.717) is 5.69 Å². The first-order valence-electron chi connectivity index (χ1n) is 4.83. The molecule has 0 saturated carbocycles. The van der Waals surface area contributed by atoms with Crippen molar-refractivity contribution in [2.75, 3.05) is 0 Å². The number of nitrogens with zero attached hydrogens (tertiary/aromatic N) is 1. The topological polar surface area (TPSA) is 26.0 Å². The van der Waals surface area contributed by atoms with Crippen molar-refractivity contribution in [3.05, 3.63) is 53.2 Å². The number of alkyl halides is 1. The molecule has 0 atom stereocenters. The maximum Gasteiger partial charge on any atom is 0.218 e. The van der Waals surface area contributed by atoms with E-state index in [4.69, 9.17) is 16.0 Å². The van der Waals surface area contributed by atoms with E-state index in [9.17, 15) is 8.78 Å². The predicted molar refractivity (Wildman–Crippen MR) is 61.3 cm³/mol. The Morgan fingerprint density at radius 3 is 2.53 bits per heavy atom. The highest BCUT2D eigenvalue weighted by Gasteiger charge is 2.05. The van der Waals surface area contributed by atoms with Crippen molar-refractivity contribution in [2.45, 2.75) is 5.88 Å². The second-order valence-electron chi connectivity index (χ2n) is 3.28. The van der Waals surface area contributed by atoms with Gasteiger partial charge in [0.15, 0.2) is 0 Å². The minimum absolute atomic E-state index is 0.127. The molecule has 0 fully saturated rings. The van der Waals surface area contributed by atoms with E-state index < -0.39 is 11.6 Å². The van der Waals surface area contributed by atoms with Gasteiger partial charge in [-0.3, -0.25) is 0 Å². The molecule has 0 amide bonds. The monoisotopic (exact) mass is 255 g/mol. The van der Waals surface area contributed by atoms with Gasteiger partial charge >= 0.3 is 0 Å². The van der Waals surface area contributed by atoms with Gasteiger partial charge in [0.1, 0.15) is 17.9 Å². The molecule has 1 aromatic heterocycles. The molecule has 0 bridgehead atoms. The van der Waals surface area contributed by atoms with Crippen molar-refractivity contribution >= 4 is 23.8 Å². The highest BCUT2D eigenvalue weighted by molar-refractivity contribution is 6.16. The molecule has 1 aromatic carbocycles. The van der Waals surface area contributed by atoms with Gasteiger partial charge in [-0.1, -0.05) is 6.07 Å². The first kappa shape index (κ1) is 11.8. The zero-order valence-corrected chi connectivity index (χ0v) is 9.42. The fourth-order valence-corrected chi connectivity index (χ4v) is 1.41. The molecule has 0 aliphatic rings. The Labute approximate surface area is 102 Å². The lowest BCUT2D eigenvalue weighted by Crippen LogP contribution is -1.87. The normalized spacial score (nSPS) is 11.2. The number of benzene rings is 1. The van der Waals surface area contributed by atoms with Crippen LogP contribution < -0.4 is 0 Å². The maximum absolute atomic E-state index is 13.3. The van der Waals surface area contributed by atoms with Crippen LogP contribution in [0.1, 0.15) is 17.1 Å². The Hall–Kier alpha value is -1.68. The molecule has 2 rings (SSSR count). The number of hydrogen-bond donors (Lipinski definition) is 0. The molecule has 2 aromatic rings. The van der Waals surface area contributed by atoms with Gasteiger partial charge in [-0.2, -0.15) is 0 Å². The lowest BCUT2D eigenvalue weighted by Gasteiger charge is -1.97. The molecule has 0 spiro atoms. The Kier molecular flexibility index (Phi) is 3.54. The van der Waals surface area contributed by atoms with E-state index in [2.05, 4.69) is 4.98 Å². The van der Waals surface area contributed by atoms with Crippen LogP contribution in [0.2, 0.25) is 0 Å². The molecule has 0 unspecified atom stereocenters. The van der Waals surface area contributed by atoms with Crippen LogP contribution in [0.5, 0.6) is 0 Å². The lowest BCUT2D eigenvalue weighted by atomic mass is 10.2. The summed E-state index contributed by atoms with van der Waals surface area (Å²) in [5.74, 6) is -0.787. The number of halogens is 3. The van der Waals surface area contributed by atoms with Crippen molar-refractivity contribution in [3.8, 4) is 0 Å². The molecule has 88 valence electrons. The third kappa shape index (κ3) is 2.71. The van der Waals surface area contributed by atoms with E-state index in [1.54, 1.807) is 0 Å². The van der Waals surface area contributed by atoms with Crippen molar-refractivity contribution in [2.24, 2.45) is 0 Å². The second-order valence-corrected chi connectivity index (χ2v) is 3.55. The third-order valence-corrected chi connectivity index (χ3v) is 2.37. The summed E-state index contributed by atoms with van der Waals surface area (Å²) in [5.41, 5.74) is 0.443. The lowest BCUT2D eigenvalue weighted by molar-refractivity contribution is 0.546. The summed E-state index contributed by atoms with van der Waals surface area (Å²) in [4.78, 5) is 3.97. The summed E-state index contributed by atoms with van der Waals surface area (Å²) in [5, 5.41) is 0. The largest absolute Gasteiger partial charge is 0.445 e. The summed E-state index contributed by atoms with van der Waals surface area (Å²) in [7, 11) is 0. The maximum atomic E-state index is 13.3. The third-order valence-electron chi connectivity index (χ3n) is 2.10. The van der Waals surface area contributed by atoms with Crippen molar-refractivity contribution in [1.82, 2.24) is 4.98 Å². The average molecular weight is 256 g/mol. The first-order valence-corrected chi connectivity index (χ1v) is 5.36. The number of aromatic nitrogens is 1. The van der Waals surface area contributed by atoms with Crippen LogP contribution >= 0.6 is 11.6 Å². The minimum Gasteiger partial charge on any atom is -0.445 e. The van der Waals surface area contributed by atoms with Gasteiger partial charge in [-0.15, -0.1) is 11.6 Å². The number of rotatable bonds is 3. The summed E-state index contributed by atoms with van der Waals surface area (Å²) < 4.78 is 31.6. The standard InChI is InChI=1S/C12H8ClF2NO/c13-6-8-7-17-12(16-8)5-4-9-10(14)2-1-3-11(9)15/h1-5,7H,6H2. The molecule has 0 aliphatic heterocycles. The van der Waals surface area contributed by atoms with Gasteiger partial charge in [0.05, 0.1) is 11.6 Å². The minimum atomic E-state index is -0.634. The molecule has 17 heavy (non-hydrogen) atoms. The zero-order valence-electron chi connectivity index (χ0n) is 8.66. The van der Waals surface area contributed by atoms with Gasteiger partial charge < -0.3 is 4.42 Å². The fourth-order valence-electron chi connectivity index (χ4n) is 1.29. The van der Waals surface area contributed by atoms with Crippen molar-refractivity contribution in [1.29, 1.82) is 0 Å². The molecule has 2 nitrogen and oxygen atoms in total. The molecule has 0 aliphatic carbocycles. The van der Waals surface area contributed by atoms with E-state index in [1.165, 1.54) is 36.6 Å². The van der Waals surface area contributed by atoms with Gasteiger partial charge in [-0.05, 0) is 18.2 Å². The molecular weight excluding hydrogens is 248 g/mol. The Balaban J connectivity index is 2.25. The van der Waals surface area contributed by atoms with Crippen LogP contribution in [-0.2, 0) is 5.88 Å². The predicted octanol–water partition coefficient (Wildman–Crippen LogP) is 3.86. The summed E-state index contributed by atoms with van der Waals surface area (Å²) in [6.45, 7) is 0. The quantitative estimate of drug-likeness (QED) is 0.779. The Bertz CT molecular complexity index is 531. The van der Waals surface area contributed by atoms with Crippen LogP contribution in [0.3, 0.4) is 0 Å². The van der Waals surface area contributed by atoms with Crippen LogP contribution in [0.4, 0.5) is 8.78 Å². The second kappa shape index (κ2) is 5.10. The first-order chi connectivity index (χ1) is 8.20. The van der Waals surface area contributed by atoms with Gasteiger partial charge in [0.25, 0.3) is 0 Å². The highest BCUT2D eigenvalue weighted by atomic mass is 35.5. The molecule has 0 radical (unpaired) electrons. The molecular formula is C12H8ClF2NO. The zero-order chi connectivity index (χ0) is 12.3. The van der Waals surface area contributed by atoms with E-state index in [-0.39, 0.29) is 17.3 Å². The number of oxazole rings is 1. The number of hydrogen-bond acceptors (Lipinski definition) is 2. The van der Waals surface area contributed by atoms with Gasteiger partial charge in [0.2, 0.25) is 5.89 Å². The fraction of sp³-hybridized carbons (Fsp3) is 0.0833. The molecule has 0 saturated heterocycles. The van der Waals surface area contributed by atoms with Crippen LogP contribution in [0.15, 0.2) is 28.9 Å². The summed E-state index contributed by atoms with van der Waals surface area (Å²) >= 11 is 5.54. The summed E-state index contributed by atoms with van der Waals surface area (Å²) in [6, 6.07) is 3.67.